The topological polar surface area (TPSA) is 137 Å². The number of rotatable bonds is 5. The molecule has 0 saturated carbocycles. The van der Waals surface area contributed by atoms with Crippen LogP contribution < -0.4 is 20.5 Å². The molecule has 0 aliphatic carbocycles. The van der Waals surface area contributed by atoms with Gasteiger partial charge in [0.1, 0.15) is 29.5 Å². The molecule has 4 N–H and O–H groups in total. The molecule has 2 heterocycles. The maximum absolute atomic E-state index is 14.6. The number of carboxylic acid groups (broad SMARTS) is 1. The van der Waals surface area contributed by atoms with E-state index in [4.69, 9.17) is 20.3 Å². The first-order chi connectivity index (χ1) is 14.4. The normalized spacial score (nSPS) is 10.7. The van der Waals surface area contributed by atoms with Crippen molar-refractivity contribution in [1.82, 2.24) is 19.7 Å². The van der Waals surface area contributed by atoms with E-state index in [0.29, 0.717) is 32.8 Å². The number of nitrogens with two attached hydrogens (primary N) is 1. The van der Waals surface area contributed by atoms with E-state index in [1.54, 1.807) is 12.1 Å². The predicted molar refractivity (Wildman–Crippen MR) is 106 cm³/mol. The van der Waals surface area contributed by atoms with Gasteiger partial charge in [0.25, 0.3) is 0 Å². The quantitative estimate of drug-likeness (QED) is 0.421. The molecule has 0 aliphatic rings. The molecular weight excluding hydrogens is 395 g/mol. The molecule has 4 aromatic rings. The van der Waals surface area contributed by atoms with Crippen molar-refractivity contribution in [3.63, 3.8) is 0 Å². The van der Waals surface area contributed by atoms with Crippen LogP contribution in [0.5, 0.6) is 17.4 Å². The Kier molecular flexibility index (Phi) is 4.76. The Morgan fingerprint density at radius 2 is 2.07 bits per heavy atom. The summed E-state index contributed by atoms with van der Waals surface area (Å²) in [5, 5.41) is 16.1. The number of halogens is 1. The lowest BCUT2D eigenvalue weighted by Crippen LogP contribution is -2.07. The number of anilines is 3. The van der Waals surface area contributed by atoms with Crippen molar-refractivity contribution in [3.05, 3.63) is 54.7 Å². The number of ether oxygens (including phenoxy) is 2. The second-order valence-corrected chi connectivity index (χ2v) is 6.08. The van der Waals surface area contributed by atoms with E-state index in [0.717, 1.165) is 6.07 Å². The van der Waals surface area contributed by atoms with Crippen LogP contribution in [0.25, 0.3) is 10.9 Å². The number of fused-ring (bicyclic) bond motifs is 1. The van der Waals surface area contributed by atoms with Crippen LogP contribution in [0.1, 0.15) is 0 Å². The standard InChI is InChI=1S/C19H15FN6O4/c1-29-16-8-15-11(7-13(16)21)18(23-9-22-15)24-14-3-2-10(6-12(14)20)30-17-4-5-26(25-17)19(27)28/h2-9H,21H2,1H3,(H,27,28)(H,22,23,24). The van der Waals surface area contributed by atoms with E-state index in [2.05, 4.69) is 20.4 Å². The molecule has 0 saturated heterocycles. The first kappa shape index (κ1) is 18.9. The summed E-state index contributed by atoms with van der Waals surface area (Å²) in [4.78, 5) is 19.2. The zero-order chi connectivity index (χ0) is 21.3. The van der Waals surface area contributed by atoms with E-state index >= 15 is 0 Å². The van der Waals surface area contributed by atoms with Gasteiger partial charge in [-0.25, -0.2) is 19.2 Å². The van der Waals surface area contributed by atoms with Crippen molar-refractivity contribution in [2.75, 3.05) is 18.2 Å². The summed E-state index contributed by atoms with van der Waals surface area (Å²) >= 11 is 0. The van der Waals surface area contributed by atoms with Crippen LogP contribution in [0, 0.1) is 5.82 Å². The first-order valence-electron chi connectivity index (χ1n) is 8.56. The number of benzene rings is 2. The number of methoxy groups -OCH3 is 1. The van der Waals surface area contributed by atoms with Gasteiger partial charge in [0, 0.05) is 29.8 Å². The lowest BCUT2D eigenvalue weighted by molar-refractivity contribution is 0.192. The summed E-state index contributed by atoms with van der Waals surface area (Å²) in [7, 11) is 1.50. The molecule has 2 aromatic carbocycles. The highest BCUT2D eigenvalue weighted by Crippen LogP contribution is 2.32. The molecule has 0 bridgehead atoms. The van der Waals surface area contributed by atoms with E-state index in [9.17, 15) is 9.18 Å². The molecule has 0 radical (unpaired) electrons. The van der Waals surface area contributed by atoms with Crippen LogP contribution in [0.3, 0.4) is 0 Å². The van der Waals surface area contributed by atoms with Crippen LogP contribution in [0.15, 0.2) is 48.9 Å². The van der Waals surface area contributed by atoms with Gasteiger partial charge < -0.3 is 25.6 Å². The Labute approximate surface area is 168 Å². The highest BCUT2D eigenvalue weighted by molar-refractivity contribution is 5.94. The Hall–Kier alpha value is -4.41. The zero-order valence-corrected chi connectivity index (χ0v) is 15.5. The first-order valence-corrected chi connectivity index (χ1v) is 8.56. The predicted octanol–water partition coefficient (Wildman–Crippen LogP) is 3.62. The third kappa shape index (κ3) is 3.63. The number of hydrogen-bond donors (Lipinski definition) is 3. The largest absolute Gasteiger partial charge is 0.495 e. The van der Waals surface area contributed by atoms with Gasteiger partial charge in [-0.2, -0.15) is 4.68 Å². The maximum atomic E-state index is 14.6. The lowest BCUT2D eigenvalue weighted by Gasteiger charge is -2.12. The van der Waals surface area contributed by atoms with Crippen molar-refractivity contribution >= 4 is 34.2 Å². The van der Waals surface area contributed by atoms with E-state index in [1.165, 1.54) is 37.8 Å². The maximum Gasteiger partial charge on any atom is 0.432 e. The van der Waals surface area contributed by atoms with Crippen molar-refractivity contribution in [1.29, 1.82) is 0 Å². The number of nitrogens with zero attached hydrogens (tertiary/aromatic N) is 4. The minimum Gasteiger partial charge on any atom is -0.495 e. The minimum atomic E-state index is -1.26. The molecule has 0 amide bonds. The second kappa shape index (κ2) is 7.54. The monoisotopic (exact) mass is 410 g/mol. The van der Waals surface area contributed by atoms with Crippen LogP contribution in [0.4, 0.5) is 26.4 Å². The van der Waals surface area contributed by atoms with E-state index < -0.39 is 11.9 Å². The van der Waals surface area contributed by atoms with Crippen LogP contribution in [-0.4, -0.2) is 38.1 Å². The summed E-state index contributed by atoms with van der Waals surface area (Å²) < 4.78 is 25.9. The van der Waals surface area contributed by atoms with Crippen LogP contribution >= 0.6 is 0 Å². The number of nitrogen functional groups attached to an aromatic ring is 1. The Bertz CT molecular complexity index is 1260. The fourth-order valence-corrected chi connectivity index (χ4v) is 2.75. The third-order valence-electron chi connectivity index (χ3n) is 4.16. The second-order valence-electron chi connectivity index (χ2n) is 6.08. The third-order valence-corrected chi connectivity index (χ3v) is 4.16. The molecule has 30 heavy (non-hydrogen) atoms. The van der Waals surface area contributed by atoms with E-state index in [-0.39, 0.29) is 17.3 Å². The molecule has 0 atom stereocenters. The Morgan fingerprint density at radius 1 is 1.23 bits per heavy atom. The summed E-state index contributed by atoms with van der Waals surface area (Å²) in [5.74, 6) is 0.393. The smallest absolute Gasteiger partial charge is 0.432 e. The van der Waals surface area contributed by atoms with Gasteiger partial charge in [-0.3, -0.25) is 0 Å². The highest BCUT2D eigenvalue weighted by atomic mass is 19.1. The molecular formula is C19H15FN6O4. The number of hydrogen-bond acceptors (Lipinski definition) is 8. The lowest BCUT2D eigenvalue weighted by atomic mass is 10.2. The highest BCUT2D eigenvalue weighted by Gasteiger charge is 2.12. The zero-order valence-electron chi connectivity index (χ0n) is 15.5. The summed E-state index contributed by atoms with van der Waals surface area (Å²) in [6.45, 7) is 0. The minimum absolute atomic E-state index is 0.0173. The van der Waals surface area contributed by atoms with Crippen molar-refractivity contribution in [3.8, 4) is 17.4 Å². The van der Waals surface area contributed by atoms with E-state index in [1.807, 2.05) is 0 Å². The van der Waals surface area contributed by atoms with Gasteiger partial charge in [-0.05, 0) is 18.2 Å². The van der Waals surface area contributed by atoms with Gasteiger partial charge >= 0.3 is 6.09 Å². The molecule has 2 aromatic heterocycles. The number of nitrogens with one attached hydrogen (secondary N) is 1. The molecule has 11 heteroatoms. The molecule has 152 valence electrons. The number of carbonyl (C=O) groups is 1. The summed E-state index contributed by atoms with van der Waals surface area (Å²) in [6, 6.07) is 8.77. The molecule has 0 spiro atoms. The molecule has 10 nitrogen and oxygen atoms in total. The molecule has 0 fully saturated rings. The molecule has 4 rings (SSSR count). The van der Waals surface area contributed by atoms with Crippen LogP contribution in [0.2, 0.25) is 0 Å². The Morgan fingerprint density at radius 3 is 2.77 bits per heavy atom. The van der Waals surface area contributed by atoms with Gasteiger partial charge in [0.05, 0.1) is 24.0 Å². The average Bonchev–Trinajstić information content (AvgIpc) is 3.19. The van der Waals surface area contributed by atoms with Crippen molar-refractivity contribution in [2.24, 2.45) is 0 Å². The fourth-order valence-electron chi connectivity index (χ4n) is 2.75. The van der Waals surface area contributed by atoms with Crippen LogP contribution in [-0.2, 0) is 0 Å². The molecule has 0 aliphatic heterocycles. The van der Waals surface area contributed by atoms with Gasteiger partial charge in [-0.1, -0.05) is 0 Å². The molecule has 0 unspecified atom stereocenters. The van der Waals surface area contributed by atoms with Gasteiger partial charge in [-0.15, -0.1) is 5.10 Å². The SMILES string of the molecule is COc1cc2ncnc(Nc3ccc(Oc4ccn(C(=O)O)n4)cc3F)c2cc1N. The van der Waals surface area contributed by atoms with Crippen molar-refractivity contribution in [2.45, 2.75) is 0 Å². The fraction of sp³-hybridized carbons (Fsp3) is 0.0526. The average molecular weight is 410 g/mol. The van der Waals surface area contributed by atoms with Gasteiger partial charge in [0.2, 0.25) is 5.88 Å². The van der Waals surface area contributed by atoms with Crippen molar-refractivity contribution < 1.29 is 23.8 Å². The number of aromatic nitrogens is 4. The Balaban J connectivity index is 1.59. The summed E-state index contributed by atoms with van der Waals surface area (Å²) in [6.07, 6.45) is 1.30. The van der Waals surface area contributed by atoms with Gasteiger partial charge in [0.15, 0.2) is 0 Å². The summed E-state index contributed by atoms with van der Waals surface area (Å²) in [5.41, 5.74) is 7.08.